The summed E-state index contributed by atoms with van der Waals surface area (Å²) >= 11 is 0. The normalized spacial score (nSPS) is 12.5. The monoisotopic (exact) mass is 302 g/mol. The molecule has 0 heterocycles. The van der Waals surface area contributed by atoms with Crippen LogP contribution in [0.3, 0.4) is 0 Å². The number of hydrogen-bond acceptors (Lipinski definition) is 3. The van der Waals surface area contributed by atoms with Gasteiger partial charge in [-0.3, -0.25) is 10.3 Å². The van der Waals surface area contributed by atoms with Gasteiger partial charge in [-0.25, -0.2) is 0 Å². The number of rotatable bonds is 10. The molecule has 0 aliphatic carbocycles. The van der Waals surface area contributed by atoms with Gasteiger partial charge in [0.2, 0.25) is 0 Å². The smallest absolute Gasteiger partial charge is 0.0758 e. The van der Waals surface area contributed by atoms with Gasteiger partial charge in [0.25, 0.3) is 0 Å². The quantitative estimate of drug-likeness (QED) is 0.400. The molecule has 0 bridgehead atoms. The van der Waals surface area contributed by atoms with Gasteiger partial charge in [-0.15, -0.1) is 0 Å². The van der Waals surface area contributed by atoms with E-state index in [0.717, 1.165) is 25.1 Å². The third-order valence-electron chi connectivity index (χ3n) is 3.11. The Morgan fingerprint density at radius 2 is 1.95 bits per heavy atom. The zero-order valence-corrected chi connectivity index (χ0v) is 14.4. The van der Waals surface area contributed by atoms with Crippen LogP contribution in [0.1, 0.15) is 32.3 Å². The van der Waals surface area contributed by atoms with Gasteiger partial charge in [0.15, 0.2) is 0 Å². The van der Waals surface area contributed by atoms with Gasteiger partial charge >= 0.3 is 0 Å². The van der Waals surface area contributed by atoms with E-state index in [4.69, 9.17) is 4.84 Å². The molecule has 0 aromatic heterocycles. The van der Waals surface area contributed by atoms with Crippen molar-refractivity contribution in [3.05, 3.63) is 53.7 Å². The molecule has 1 rings (SSSR count). The number of allylic oxidation sites excluding steroid dienone is 2. The van der Waals surface area contributed by atoms with E-state index in [2.05, 4.69) is 68.7 Å². The van der Waals surface area contributed by atoms with Crippen molar-refractivity contribution in [1.82, 2.24) is 10.4 Å². The summed E-state index contributed by atoms with van der Waals surface area (Å²) in [6.07, 6.45) is 8.41. The molecule has 0 radical (unpaired) electrons. The van der Waals surface area contributed by atoms with Gasteiger partial charge in [0.1, 0.15) is 0 Å². The van der Waals surface area contributed by atoms with Gasteiger partial charge in [-0.2, -0.15) is 0 Å². The molecule has 1 aromatic carbocycles. The van der Waals surface area contributed by atoms with Crippen LogP contribution in [0.4, 0.5) is 0 Å². The van der Waals surface area contributed by atoms with Crippen LogP contribution >= 0.6 is 0 Å². The molecule has 1 N–H and O–H groups in total. The number of nitrogens with one attached hydrogen (secondary N) is 1. The first-order valence-corrected chi connectivity index (χ1v) is 8.03. The molecule has 3 nitrogen and oxygen atoms in total. The average molecular weight is 302 g/mol. The lowest BCUT2D eigenvalue weighted by atomic mass is 10.1. The summed E-state index contributed by atoms with van der Waals surface area (Å²) in [7, 11) is 4.15. The second kappa shape index (κ2) is 11.0. The minimum Gasteiger partial charge on any atom is -0.309 e. The number of nitrogens with zero attached hydrogens (tertiary/aromatic N) is 1. The summed E-state index contributed by atoms with van der Waals surface area (Å²) in [5.74, 6) is 0.635. The van der Waals surface area contributed by atoms with Crippen molar-refractivity contribution in [3.8, 4) is 0 Å². The van der Waals surface area contributed by atoms with E-state index in [-0.39, 0.29) is 0 Å². The Bertz CT molecular complexity index is 450. The summed E-state index contributed by atoms with van der Waals surface area (Å²) in [6, 6.07) is 10.3. The third-order valence-corrected chi connectivity index (χ3v) is 3.11. The Hall–Kier alpha value is -1.58. The van der Waals surface area contributed by atoms with Crippen LogP contribution in [0.2, 0.25) is 0 Å². The maximum atomic E-state index is 5.57. The van der Waals surface area contributed by atoms with Crippen LogP contribution in [0.5, 0.6) is 0 Å². The molecular formula is C19H30N2O. The highest BCUT2D eigenvalue weighted by molar-refractivity contribution is 5.52. The first-order chi connectivity index (χ1) is 10.6. The highest BCUT2D eigenvalue weighted by Crippen LogP contribution is 2.07. The van der Waals surface area contributed by atoms with Crippen LogP contribution in [-0.2, 0) is 4.84 Å². The highest BCUT2D eigenvalue weighted by Gasteiger charge is 1.96. The lowest BCUT2D eigenvalue weighted by molar-refractivity contribution is 0.0598. The minimum atomic E-state index is 0.635. The van der Waals surface area contributed by atoms with E-state index in [1.54, 1.807) is 0 Å². The molecule has 0 saturated carbocycles. The Kier molecular flexibility index (Phi) is 9.28. The predicted octanol–water partition coefficient (Wildman–Crippen LogP) is 4.10. The molecule has 0 saturated heterocycles. The molecule has 0 atom stereocenters. The fourth-order valence-corrected chi connectivity index (χ4v) is 1.84. The summed E-state index contributed by atoms with van der Waals surface area (Å²) in [5, 5.41) is 0. The fourth-order valence-electron chi connectivity index (χ4n) is 1.84. The van der Waals surface area contributed by atoms with Crippen molar-refractivity contribution in [3.63, 3.8) is 0 Å². The van der Waals surface area contributed by atoms with Gasteiger partial charge in [0.05, 0.1) is 12.3 Å². The van der Waals surface area contributed by atoms with E-state index in [9.17, 15) is 0 Å². The van der Waals surface area contributed by atoms with Gasteiger partial charge in [-0.1, -0.05) is 56.3 Å². The summed E-state index contributed by atoms with van der Waals surface area (Å²) in [6.45, 7) is 6.17. The van der Waals surface area contributed by atoms with Crippen molar-refractivity contribution in [2.45, 2.75) is 26.7 Å². The summed E-state index contributed by atoms with van der Waals surface area (Å²) in [5.41, 5.74) is 5.28. The fraction of sp³-hybridized carbons (Fsp3) is 0.474. The first-order valence-electron chi connectivity index (χ1n) is 8.03. The summed E-state index contributed by atoms with van der Waals surface area (Å²) in [4.78, 5) is 7.73. The van der Waals surface area contributed by atoms with Crippen molar-refractivity contribution in [2.24, 2.45) is 5.92 Å². The topological polar surface area (TPSA) is 24.5 Å². The molecule has 0 aliphatic rings. The third kappa shape index (κ3) is 9.37. The average Bonchev–Trinajstić information content (AvgIpc) is 2.49. The second-order valence-corrected chi connectivity index (χ2v) is 6.14. The van der Waals surface area contributed by atoms with Crippen molar-refractivity contribution >= 4 is 6.08 Å². The summed E-state index contributed by atoms with van der Waals surface area (Å²) < 4.78 is 0. The lowest BCUT2D eigenvalue weighted by Crippen LogP contribution is -2.19. The Morgan fingerprint density at radius 3 is 2.59 bits per heavy atom. The number of hydroxylamine groups is 1. The zero-order chi connectivity index (χ0) is 16.2. The molecule has 22 heavy (non-hydrogen) atoms. The largest absolute Gasteiger partial charge is 0.309 e. The maximum Gasteiger partial charge on any atom is 0.0758 e. The molecule has 0 amide bonds. The van der Waals surface area contributed by atoms with Crippen LogP contribution < -0.4 is 5.48 Å². The van der Waals surface area contributed by atoms with E-state index in [1.165, 1.54) is 5.56 Å². The molecule has 0 unspecified atom stereocenters. The highest BCUT2D eigenvalue weighted by atomic mass is 16.6. The van der Waals surface area contributed by atoms with Crippen LogP contribution in [0.25, 0.3) is 6.08 Å². The molecule has 122 valence electrons. The van der Waals surface area contributed by atoms with E-state index in [1.807, 2.05) is 18.2 Å². The Morgan fingerprint density at radius 1 is 1.23 bits per heavy atom. The molecule has 3 heteroatoms. The van der Waals surface area contributed by atoms with E-state index >= 15 is 0 Å². The van der Waals surface area contributed by atoms with Crippen LogP contribution in [-0.4, -0.2) is 32.1 Å². The minimum absolute atomic E-state index is 0.635. The van der Waals surface area contributed by atoms with Crippen molar-refractivity contribution in [2.75, 3.05) is 27.2 Å². The van der Waals surface area contributed by atoms with Crippen LogP contribution in [0.15, 0.2) is 48.2 Å². The zero-order valence-electron chi connectivity index (χ0n) is 14.4. The molecular weight excluding hydrogens is 272 g/mol. The molecule has 0 aliphatic heterocycles. The number of hydrogen-bond donors (Lipinski definition) is 1. The van der Waals surface area contributed by atoms with Crippen molar-refractivity contribution < 1.29 is 4.84 Å². The van der Waals surface area contributed by atoms with Gasteiger partial charge < -0.3 is 4.90 Å². The number of benzene rings is 1. The van der Waals surface area contributed by atoms with Crippen molar-refractivity contribution in [1.29, 1.82) is 0 Å². The molecule has 0 spiro atoms. The van der Waals surface area contributed by atoms with Gasteiger partial charge in [-0.05, 0) is 51.0 Å². The molecule has 1 aromatic rings. The molecule has 0 fully saturated rings. The van der Waals surface area contributed by atoms with E-state index in [0.29, 0.717) is 12.5 Å². The SMILES string of the molecule is CC(C)CC=C(C=Cc1ccccc1)NOCCCN(C)C. The first kappa shape index (κ1) is 18.5. The second-order valence-electron chi connectivity index (χ2n) is 6.14. The van der Waals surface area contributed by atoms with E-state index < -0.39 is 0 Å². The Labute approximate surface area is 135 Å². The van der Waals surface area contributed by atoms with Crippen LogP contribution in [0, 0.1) is 5.92 Å². The van der Waals surface area contributed by atoms with Gasteiger partial charge in [0, 0.05) is 0 Å². The standard InChI is InChI=1S/C19H30N2O/c1-17(2)11-13-19(20-22-16-8-15-21(3)4)14-12-18-9-6-5-7-10-18/h5-7,9-10,12-14,17,20H,8,11,15-16H2,1-4H3. The Balaban J connectivity index is 2.49. The maximum absolute atomic E-state index is 5.57. The lowest BCUT2D eigenvalue weighted by Gasteiger charge is -2.11. The predicted molar refractivity (Wildman–Crippen MR) is 95.3 cm³/mol.